The molecule has 0 spiro atoms. The number of aryl methyl sites for hydroxylation is 1. The largest absolute Gasteiger partial charge is 0.493 e. The molecule has 1 heterocycles. The maximum absolute atomic E-state index is 12.6. The van der Waals surface area contributed by atoms with Crippen molar-refractivity contribution < 1.29 is 14.3 Å². The first-order valence-corrected chi connectivity index (χ1v) is 11.3. The van der Waals surface area contributed by atoms with Crippen LogP contribution in [0.15, 0.2) is 48.7 Å². The third-order valence-corrected chi connectivity index (χ3v) is 5.59. The van der Waals surface area contributed by atoms with E-state index >= 15 is 0 Å². The highest BCUT2D eigenvalue weighted by Crippen LogP contribution is 2.35. The quantitative estimate of drug-likeness (QED) is 0.289. The normalized spacial score (nSPS) is 10.8. The Hall–Kier alpha value is -3.42. The third-order valence-electron chi connectivity index (χ3n) is 4.87. The van der Waals surface area contributed by atoms with E-state index in [2.05, 4.69) is 20.9 Å². The van der Waals surface area contributed by atoms with Crippen molar-refractivity contribution >= 4 is 58.1 Å². The van der Waals surface area contributed by atoms with Gasteiger partial charge in [0.2, 0.25) is 5.91 Å². The van der Waals surface area contributed by atoms with Crippen molar-refractivity contribution in [2.24, 2.45) is 0 Å². The summed E-state index contributed by atoms with van der Waals surface area (Å²) in [6.45, 7) is 4.54. The number of carbonyl (C=O) groups excluding carboxylic acids is 1. The molecule has 0 radical (unpaired) electrons. The number of nitrogens with one attached hydrogen (secondary N) is 3. The summed E-state index contributed by atoms with van der Waals surface area (Å²) in [7, 11) is 3.19. The number of methoxy groups -OCH3 is 2. The Kier molecular flexibility index (Phi) is 8.62. The minimum Gasteiger partial charge on any atom is -0.493 e. The van der Waals surface area contributed by atoms with E-state index in [0.29, 0.717) is 45.3 Å². The van der Waals surface area contributed by atoms with E-state index < -0.39 is 0 Å². The van der Waals surface area contributed by atoms with Crippen LogP contribution in [0, 0.1) is 6.92 Å². The molecule has 1 aromatic heterocycles. The zero-order chi connectivity index (χ0) is 24.7. The molecule has 0 aliphatic heterocycles. The second kappa shape index (κ2) is 11.6. The van der Waals surface area contributed by atoms with Crippen LogP contribution in [0.2, 0.25) is 10.0 Å². The summed E-state index contributed by atoms with van der Waals surface area (Å²) in [5.41, 5.74) is 3.64. The summed E-state index contributed by atoms with van der Waals surface area (Å²) in [5, 5.41) is 10.0. The van der Waals surface area contributed by atoms with Gasteiger partial charge in [0.25, 0.3) is 0 Å². The average Bonchev–Trinajstić information content (AvgIpc) is 2.81. The lowest BCUT2D eigenvalue weighted by molar-refractivity contribution is -0.111. The first-order chi connectivity index (χ1) is 16.4. The monoisotopic (exact) mass is 500 g/mol. The predicted octanol–water partition coefficient (Wildman–Crippen LogP) is 6.54. The lowest BCUT2D eigenvalue weighted by Gasteiger charge is -2.14. The van der Waals surface area contributed by atoms with Crippen LogP contribution in [-0.4, -0.2) is 31.7 Å². The SMILES string of the molecule is CCNc1cc(Cl)c(Cl)cc1NC(=O)/C=C/c1cccnc1Nc1cc(C)c(OC)c(OC)c1. The molecule has 178 valence electrons. The number of nitrogens with zero attached hydrogens (tertiary/aromatic N) is 1. The van der Waals surface area contributed by atoms with Crippen LogP contribution in [0.3, 0.4) is 0 Å². The minimum absolute atomic E-state index is 0.325. The van der Waals surface area contributed by atoms with Crippen molar-refractivity contribution in [2.45, 2.75) is 13.8 Å². The van der Waals surface area contributed by atoms with Gasteiger partial charge in [0.1, 0.15) is 5.82 Å². The van der Waals surface area contributed by atoms with Gasteiger partial charge in [-0.3, -0.25) is 4.79 Å². The summed E-state index contributed by atoms with van der Waals surface area (Å²) < 4.78 is 10.8. The van der Waals surface area contributed by atoms with Crippen LogP contribution in [0.5, 0.6) is 11.5 Å². The number of hydrogen-bond donors (Lipinski definition) is 3. The zero-order valence-electron chi connectivity index (χ0n) is 19.3. The fourth-order valence-electron chi connectivity index (χ4n) is 3.35. The number of carbonyl (C=O) groups is 1. The Labute approximate surface area is 209 Å². The van der Waals surface area contributed by atoms with Crippen molar-refractivity contribution in [3.63, 3.8) is 0 Å². The Balaban J connectivity index is 1.81. The second-order valence-electron chi connectivity index (χ2n) is 7.26. The predicted molar refractivity (Wildman–Crippen MR) is 140 cm³/mol. The molecule has 0 atom stereocenters. The Morgan fingerprint density at radius 2 is 1.82 bits per heavy atom. The zero-order valence-corrected chi connectivity index (χ0v) is 20.8. The number of rotatable bonds is 9. The number of amides is 1. The Morgan fingerprint density at radius 3 is 2.50 bits per heavy atom. The lowest BCUT2D eigenvalue weighted by atomic mass is 10.1. The van der Waals surface area contributed by atoms with E-state index in [1.165, 1.54) is 6.08 Å². The number of anilines is 4. The van der Waals surface area contributed by atoms with Gasteiger partial charge in [-0.25, -0.2) is 4.98 Å². The van der Waals surface area contributed by atoms with Gasteiger partial charge >= 0.3 is 0 Å². The van der Waals surface area contributed by atoms with Gasteiger partial charge in [-0.1, -0.05) is 23.2 Å². The van der Waals surface area contributed by atoms with E-state index in [9.17, 15) is 4.79 Å². The third kappa shape index (κ3) is 6.12. The maximum Gasteiger partial charge on any atom is 0.248 e. The van der Waals surface area contributed by atoms with Crippen molar-refractivity contribution in [1.82, 2.24) is 4.98 Å². The molecular weight excluding hydrogens is 475 g/mol. The van der Waals surface area contributed by atoms with Gasteiger partial charge in [-0.15, -0.1) is 0 Å². The van der Waals surface area contributed by atoms with Crippen molar-refractivity contribution in [1.29, 1.82) is 0 Å². The molecular formula is C25H26Cl2N4O3. The first kappa shape index (κ1) is 25.2. The lowest BCUT2D eigenvalue weighted by Crippen LogP contribution is -2.11. The Bertz CT molecular complexity index is 1220. The average molecular weight is 501 g/mol. The second-order valence-corrected chi connectivity index (χ2v) is 8.07. The summed E-state index contributed by atoms with van der Waals surface area (Å²) >= 11 is 12.2. The van der Waals surface area contributed by atoms with Crippen LogP contribution in [0.4, 0.5) is 22.9 Å². The summed E-state index contributed by atoms with van der Waals surface area (Å²) in [4.78, 5) is 17.0. The smallest absolute Gasteiger partial charge is 0.248 e. The van der Waals surface area contributed by atoms with E-state index in [-0.39, 0.29) is 5.91 Å². The van der Waals surface area contributed by atoms with Crippen LogP contribution in [0.1, 0.15) is 18.1 Å². The fraction of sp³-hybridized carbons (Fsp3) is 0.200. The number of halogens is 2. The molecule has 3 N–H and O–H groups in total. The number of aromatic nitrogens is 1. The molecule has 3 aromatic rings. The van der Waals surface area contributed by atoms with Crippen molar-refractivity contribution in [3.8, 4) is 11.5 Å². The molecule has 2 aromatic carbocycles. The fourth-order valence-corrected chi connectivity index (χ4v) is 3.67. The molecule has 0 aliphatic rings. The molecule has 0 fully saturated rings. The molecule has 0 saturated carbocycles. The number of ether oxygens (including phenoxy) is 2. The van der Waals surface area contributed by atoms with Gasteiger partial charge < -0.3 is 25.4 Å². The first-order valence-electron chi connectivity index (χ1n) is 10.5. The standard InChI is InChI=1S/C25H26Cl2N4O3/c1-5-28-20-13-18(26)19(27)14-21(20)31-23(32)9-8-16-7-6-10-29-25(16)30-17-11-15(2)24(34-4)22(12-17)33-3/h6-14,28H,5H2,1-4H3,(H,29,30)(H,31,32)/b9-8+. The summed E-state index contributed by atoms with van der Waals surface area (Å²) in [6, 6.07) is 10.7. The summed E-state index contributed by atoms with van der Waals surface area (Å²) in [5.74, 6) is 1.54. The van der Waals surface area contributed by atoms with E-state index in [1.807, 2.05) is 32.0 Å². The highest BCUT2D eigenvalue weighted by atomic mass is 35.5. The van der Waals surface area contributed by atoms with Crippen molar-refractivity contribution in [2.75, 3.05) is 36.7 Å². The number of benzene rings is 2. The maximum atomic E-state index is 12.6. The van der Waals surface area contributed by atoms with E-state index in [4.69, 9.17) is 32.7 Å². The van der Waals surface area contributed by atoms with Gasteiger partial charge in [0.15, 0.2) is 11.5 Å². The molecule has 0 aliphatic carbocycles. The van der Waals surface area contributed by atoms with Crippen LogP contribution < -0.4 is 25.4 Å². The minimum atomic E-state index is -0.325. The van der Waals surface area contributed by atoms with Crippen LogP contribution in [0.25, 0.3) is 6.08 Å². The van der Waals surface area contributed by atoms with Crippen LogP contribution in [-0.2, 0) is 4.79 Å². The van der Waals surface area contributed by atoms with Crippen molar-refractivity contribution in [3.05, 3.63) is 69.8 Å². The highest BCUT2D eigenvalue weighted by Gasteiger charge is 2.12. The molecule has 7 nitrogen and oxygen atoms in total. The van der Waals surface area contributed by atoms with Gasteiger partial charge in [0, 0.05) is 36.1 Å². The van der Waals surface area contributed by atoms with Gasteiger partial charge in [-0.2, -0.15) is 0 Å². The topological polar surface area (TPSA) is 84.5 Å². The number of pyridine rings is 1. The van der Waals surface area contributed by atoms with E-state index in [1.54, 1.807) is 44.7 Å². The molecule has 0 bridgehead atoms. The summed E-state index contributed by atoms with van der Waals surface area (Å²) in [6.07, 6.45) is 4.79. The molecule has 34 heavy (non-hydrogen) atoms. The van der Waals surface area contributed by atoms with Crippen LogP contribution >= 0.6 is 23.2 Å². The highest BCUT2D eigenvalue weighted by molar-refractivity contribution is 6.42. The molecule has 3 rings (SSSR count). The van der Waals surface area contributed by atoms with Gasteiger partial charge in [0.05, 0.1) is 35.6 Å². The molecule has 0 unspecified atom stereocenters. The Morgan fingerprint density at radius 1 is 1.09 bits per heavy atom. The molecule has 1 amide bonds. The van der Waals surface area contributed by atoms with Gasteiger partial charge in [-0.05, 0) is 55.8 Å². The molecule has 0 saturated heterocycles. The molecule has 9 heteroatoms. The number of hydrogen-bond acceptors (Lipinski definition) is 6. The van der Waals surface area contributed by atoms with E-state index in [0.717, 1.165) is 16.8 Å².